The zero-order valence-corrected chi connectivity index (χ0v) is 29.1. The monoisotopic (exact) mass is 670 g/mol. The summed E-state index contributed by atoms with van der Waals surface area (Å²) in [6, 6.07) is 13.9. The number of rotatable bonds is 22. The van der Waals surface area contributed by atoms with Crippen LogP contribution in [0, 0.1) is 0 Å². The van der Waals surface area contributed by atoms with Gasteiger partial charge in [-0.2, -0.15) is 15.0 Å². The summed E-state index contributed by atoms with van der Waals surface area (Å²) in [5.41, 5.74) is 2.32. The molecule has 0 aliphatic carbocycles. The number of nitrogens with zero attached hydrogens (tertiary/aromatic N) is 3. The average molecular weight is 671 g/mol. The van der Waals surface area contributed by atoms with Crippen LogP contribution < -0.4 is 16.0 Å². The molecule has 3 rings (SSSR count). The van der Waals surface area contributed by atoms with Gasteiger partial charge >= 0.3 is 11.9 Å². The smallest absolute Gasteiger partial charge is 0.338 e. The fraction of sp³-hybridized carbons (Fsp3) is 0.500. The number of anilines is 5. The number of carbonyl (C=O) groups is 2. The van der Waals surface area contributed by atoms with Crippen molar-refractivity contribution in [3.63, 3.8) is 0 Å². The molecule has 1 unspecified atom stereocenters. The minimum absolute atomic E-state index is 0.306. The van der Waals surface area contributed by atoms with Crippen molar-refractivity contribution in [3.8, 4) is 0 Å². The third-order valence-corrected chi connectivity index (χ3v) is 9.45. The second-order valence-electron chi connectivity index (χ2n) is 10.9. The molecule has 0 saturated carbocycles. The highest BCUT2D eigenvalue weighted by atomic mass is 32.3. The Balaban J connectivity index is 1.74. The van der Waals surface area contributed by atoms with Crippen LogP contribution in [0.25, 0.3) is 0 Å². The molecule has 1 heterocycles. The Kier molecular flexibility index (Phi) is 16.2. The van der Waals surface area contributed by atoms with E-state index in [0.717, 1.165) is 37.9 Å². The van der Waals surface area contributed by atoms with E-state index in [2.05, 4.69) is 37.2 Å². The standard InChI is InChI=1S/C34H50N6O6S/c1-6-10-22-44-30(41)26-13-17-28(18-14-26)36-33-38-32(35-21-12-24-47(5,46-9-4)25-43-8-3)39-34(40-33)37-29-19-15-27(16-20-29)31(42)45-23-11-7-2/h13-20H,6-12,21-25H2,1-5H3,(H3,35,36,37,38,39,40). The first kappa shape index (κ1) is 37.5. The minimum Gasteiger partial charge on any atom is -0.462 e. The maximum absolute atomic E-state index is 12.3. The Morgan fingerprint density at radius 3 is 1.62 bits per heavy atom. The van der Waals surface area contributed by atoms with E-state index in [0.29, 0.717) is 79.3 Å². The molecule has 1 aromatic heterocycles. The van der Waals surface area contributed by atoms with Gasteiger partial charge in [-0.25, -0.2) is 9.59 Å². The van der Waals surface area contributed by atoms with E-state index in [-0.39, 0.29) is 11.9 Å². The van der Waals surface area contributed by atoms with Crippen molar-refractivity contribution in [1.29, 1.82) is 0 Å². The molecular formula is C34H50N6O6S. The summed E-state index contributed by atoms with van der Waals surface area (Å²) in [7, 11) is -1.34. The molecule has 2 aromatic carbocycles. The molecule has 0 spiro atoms. The van der Waals surface area contributed by atoms with Gasteiger partial charge in [0.2, 0.25) is 17.8 Å². The summed E-state index contributed by atoms with van der Waals surface area (Å²) < 4.78 is 22.4. The average Bonchev–Trinajstić information content (AvgIpc) is 3.07. The first-order valence-corrected chi connectivity index (χ1v) is 18.6. The van der Waals surface area contributed by atoms with Crippen LogP contribution in [-0.2, 0) is 18.4 Å². The normalized spacial score (nSPS) is 12.9. The van der Waals surface area contributed by atoms with E-state index < -0.39 is 10.3 Å². The molecule has 3 N–H and O–H groups in total. The maximum Gasteiger partial charge on any atom is 0.338 e. The molecule has 0 bridgehead atoms. The summed E-state index contributed by atoms with van der Waals surface area (Å²) in [6.07, 6.45) is 6.54. The fourth-order valence-corrected chi connectivity index (χ4v) is 6.41. The molecule has 12 nitrogen and oxygen atoms in total. The molecular weight excluding hydrogens is 620 g/mol. The quantitative estimate of drug-likeness (QED) is 0.0721. The van der Waals surface area contributed by atoms with E-state index in [1.54, 1.807) is 48.5 Å². The summed E-state index contributed by atoms with van der Waals surface area (Å²) in [5, 5.41) is 9.72. The largest absolute Gasteiger partial charge is 0.462 e. The lowest BCUT2D eigenvalue weighted by atomic mass is 10.2. The molecule has 13 heteroatoms. The van der Waals surface area contributed by atoms with Crippen molar-refractivity contribution in [2.75, 3.05) is 66.9 Å². The summed E-state index contributed by atoms with van der Waals surface area (Å²) in [5.74, 6) is 1.76. The first-order chi connectivity index (χ1) is 22.8. The lowest BCUT2D eigenvalue weighted by molar-refractivity contribution is 0.0490. The third kappa shape index (κ3) is 13.4. The van der Waals surface area contributed by atoms with Crippen molar-refractivity contribution in [3.05, 3.63) is 59.7 Å². The highest BCUT2D eigenvalue weighted by Crippen LogP contribution is 2.45. The van der Waals surface area contributed by atoms with Crippen LogP contribution in [0.5, 0.6) is 0 Å². The SMILES string of the molecule is CCCCOC(=O)c1ccc(Nc2nc(NCCCS(C)(COCC)OCC)nc(Nc3ccc(C(=O)OCCCC)cc3)n2)cc1. The van der Waals surface area contributed by atoms with E-state index >= 15 is 0 Å². The number of hydrogen-bond acceptors (Lipinski definition) is 12. The number of carbonyl (C=O) groups excluding carboxylic acids is 2. The zero-order chi connectivity index (χ0) is 33.9. The zero-order valence-electron chi connectivity index (χ0n) is 28.3. The lowest BCUT2D eigenvalue weighted by Gasteiger charge is -2.34. The van der Waals surface area contributed by atoms with Gasteiger partial charge in [-0.3, -0.25) is 0 Å². The Hall–Kier alpha value is -3.94. The second-order valence-corrected chi connectivity index (χ2v) is 14.1. The van der Waals surface area contributed by atoms with Gasteiger partial charge in [0.25, 0.3) is 0 Å². The van der Waals surface area contributed by atoms with Crippen LogP contribution in [0.2, 0.25) is 0 Å². The third-order valence-electron chi connectivity index (χ3n) is 6.83. The second kappa shape index (κ2) is 20.3. The van der Waals surface area contributed by atoms with Gasteiger partial charge in [0, 0.05) is 30.3 Å². The van der Waals surface area contributed by atoms with Gasteiger partial charge in [-0.15, -0.1) is 10.3 Å². The van der Waals surface area contributed by atoms with Crippen molar-refractivity contribution >= 4 is 51.5 Å². The van der Waals surface area contributed by atoms with Crippen molar-refractivity contribution in [2.45, 2.75) is 59.8 Å². The van der Waals surface area contributed by atoms with E-state index in [9.17, 15) is 9.59 Å². The molecule has 0 saturated heterocycles. The fourth-order valence-electron chi connectivity index (χ4n) is 4.26. The number of benzene rings is 2. The van der Waals surface area contributed by atoms with Crippen LogP contribution in [0.4, 0.5) is 29.2 Å². The van der Waals surface area contributed by atoms with Crippen molar-refractivity contribution < 1.29 is 28.0 Å². The predicted molar refractivity (Wildman–Crippen MR) is 189 cm³/mol. The summed E-state index contributed by atoms with van der Waals surface area (Å²) >= 11 is 0. The number of esters is 2. The molecule has 0 aliphatic heterocycles. The van der Waals surface area contributed by atoms with E-state index in [1.165, 1.54) is 0 Å². The Bertz CT molecular complexity index is 1290. The number of nitrogens with one attached hydrogen (secondary N) is 3. The van der Waals surface area contributed by atoms with Crippen LogP contribution in [0.3, 0.4) is 0 Å². The highest BCUT2D eigenvalue weighted by molar-refractivity contribution is 8.29. The molecule has 1 atom stereocenters. The molecule has 47 heavy (non-hydrogen) atoms. The van der Waals surface area contributed by atoms with Crippen LogP contribution in [-0.4, -0.2) is 77.8 Å². The topological polar surface area (TPSA) is 146 Å². The molecule has 0 fully saturated rings. The van der Waals surface area contributed by atoms with Crippen LogP contribution in [0.1, 0.15) is 80.5 Å². The maximum atomic E-state index is 12.3. The molecule has 0 aliphatic rings. The molecule has 0 radical (unpaired) electrons. The van der Waals surface area contributed by atoms with E-state index in [1.807, 2.05) is 27.7 Å². The molecule has 258 valence electrons. The minimum atomic E-state index is -1.34. The lowest BCUT2D eigenvalue weighted by Crippen LogP contribution is -2.17. The predicted octanol–water partition coefficient (Wildman–Crippen LogP) is 7.45. The van der Waals surface area contributed by atoms with Crippen molar-refractivity contribution in [2.24, 2.45) is 0 Å². The van der Waals surface area contributed by atoms with Gasteiger partial charge < -0.3 is 34.3 Å². The highest BCUT2D eigenvalue weighted by Gasteiger charge is 2.18. The summed E-state index contributed by atoms with van der Waals surface area (Å²) in [6.45, 7) is 10.8. The first-order valence-electron chi connectivity index (χ1n) is 16.3. The van der Waals surface area contributed by atoms with Gasteiger partial charge in [0.05, 0.1) is 36.9 Å². The number of aromatic nitrogens is 3. The number of unbranched alkanes of at least 4 members (excludes halogenated alkanes) is 2. The van der Waals surface area contributed by atoms with Crippen LogP contribution in [0.15, 0.2) is 48.5 Å². The molecule has 0 amide bonds. The van der Waals surface area contributed by atoms with Gasteiger partial charge in [-0.1, -0.05) is 26.7 Å². The Morgan fingerprint density at radius 2 is 1.17 bits per heavy atom. The van der Waals surface area contributed by atoms with Crippen molar-refractivity contribution in [1.82, 2.24) is 15.0 Å². The van der Waals surface area contributed by atoms with E-state index in [4.69, 9.17) is 18.4 Å². The van der Waals surface area contributed by atoms with Crippen LogP contribution >= 0.6 is 10.3 Å². The molecule has 3 aromatic rings. The van der Waals surface area contributed by atoms with Gasteiger partial charge in [0.1, 0.15) is 0 Å². The number of ether oxygens (including phenoxy) is 3. The van der Waals surface area contributed by atoms with Gasteiger partial charge in [0.15, 0.2) is 0 Å². The van der Waals surface area contributed by atoms with Gasteiger partial charge in [-0.05, 0) is 87.9 Å². The summed E-state index contributed by atoms with van der Waals surface area (Å²) in [4.78, 5) is 38.4. The Labute approximate surface area is 280 Å². The Morgan fingerprint density at radius 1 is 0.681 bits per heavy atom. The number of hydrogen-bond donors (Lipinski definition) is 3.